The van der Waals surface area contributed by atoms with Crippen LogP contribution in [0.3, 0.4) is 0 Å². The van der Waals surface area contributed by atoms with E-state index in [2.05, 4.69) is 34.9 Å². The van der Waals surface area contributed by atoms with Gasteiger partial charge in [0.15, 0.2) is 0 Å². The number of benzene rings is 2. The molecule has 2 amide bonds. The molecule has 1 aliphatic rings. The second-order valence-corrected chi connectivity index (χ2v) is 9.51. The highest BCUT2D eigenvalue weighted by atomic mass is 16.5. The van der Waals surface area contributed by atoms with Crippen molar-refractivity contribution in [1.82, 2.24) is 10.6 Å². The number of amides is 2. The van der Waals surface area contributed by atoms with Gasteiger partial charge in [0.25, 0.3) is 0 Å². The number of ether oxygens (including phenoxy) is 1. The van der Waals surface area contributed by atoms with Crippen LogP contribution < -0.4 is 10.6 Å². The van der Waals surface area contributed by atoms with Gasteiger partial charge in [0.2, 0.25) is 5.91 Å². The van der Waals surface area contributed by atoms with E-state index < -0.39 is 17.6 Å². The summed E-state index contributed by atoms with van der Waals surface area (Å²) in [7, 11) is 0. The third-order valence-electron chi connectivity index (χ3n) is 6.39. The molecule has 0 radical (unpaired) electrons. The van der Waals surface area contributed by atoms with Crippen molar-refractivity contribution in [2.24, 2.45) is 5.92 Å². The number of carboxylic acid groups (broad SMARTS) is 1. The maximum absolute atomic E-state index is 12.6. The molecule has 1 aliphatic carbocycles. The quantitative estimate of drug-likeness (QED) is 0.445. The van der Waals surface area contributed by atoms with E-state index in [4.69, 9.17) is 9.84 Å². The highest BCUT2D eigenvalue weighted by molar-refractivity contribution is 5.79. The van der Waals surface area contributed by atoms with Gasteiger partial charge in [0.1, 0.15) is 6.61 Å². The lowest BCUT2D eigenvalue weighted by molar-refractivity contribution is -0.138. The van der Waals surface area contributed by atoms with Gasteiger partial charge in [0, 0.05) is 30.8 Å². The predicted molar refractivity (Wildman–Crippen MR) is 131 cm³/mol. The Hall–Kier alpha value is -3.35. The minimum atomic E-state index is -0.866. The van der Waals surface area contributed by atoms with Crippen LogP contribution in [0.5, 0.6) is 0 Å². The van der Waals surface area contributed by atoms with Crippen molar-refractivity contribution in [3.63, 3.8) is 0 Å². The minimum absolute atomic E-state index is 0.00986. The molecule has 0 spiro atoms. The zero-order valence-corrected chi connectivity index (χ0v) is 20.1. The SMILES string of the molecule is CCC(CNC(=O)CCC(C)(C)NC(=O)OCC1c2ccccc2-c2ccccc21)CC(=O)O. The molecular formula is C27H34N2O5. The maximum atomic E-state index is 12.6. The van der Waals surface area contributed by atoms with Crippen LogP contribution in [0.1, 0.15) is 63.5 Å². The first kappa shape index (κ1) is 25.3. The zero-order valence-electron chi connectivity index (χ0n) is 20.1. The molecular weight excluding hydrogens is 432 g/mol. The molecule has 1 unspecified atom stereocenters. The van der Waals surface area contributed by atoms with Crippen molar-refractivity contribution in [3.05, 3.63) is 59.7 Å². The third kappa shape index (κ3) is 6.59. The summed E-state index contributed by atoms with van der Waals surface area (Å²) in [6.45, 7) is 6.17. The molecule has 0 bridgehead atoms. The molecule has 0 aromatic heterocycles. The van der Waals surface area contributed by atoms with Crippen molar-refractivity contribution >= 4 is 18.0 Å². The van der Waals surface area contributed by atoms with Crippen LogP contribution in [-0.2, 0) is 14.3 Å². The topological polar surface area (TPSA) is 105 Å². The van der Waals surface area contributed by atoms with E-state index in [-0.39, 0.29) is 37.2 Å². The summed E-state index contributed by atoms with van der Waals surface area (Å²) in [5.41, 5.74) is 4.02. The number of carboxylic acids is 1. The lowest BCUT2D eigenvalue weighted by atomic mass is 9.97. The first-order chi connectivity index (χ1) is 16.2. The number of hydrogen-bond acceptors (Lipinski definition) is 4. The summed E-state index contributed by atoms with van der Waals surface area (Å²) in [5.74, 6) is -1.13. The van der Waals surface area contributed by atoms with Crippen LogP contribution in [0.25, 0.3) is 11.1 Å². The normalized spacial score (nSPS) is 13.5. The van der Waals surface area contributed by atoms with Crippen molar-refractivity contribution in [3.8, 4) is 11.1 Å². The average molecular weight is 467 g/mol. The molecule has 0 saturated carbocycles. The van der Waals surface area contributed by atoms with Crippen LogP contribution in [0.2, 0.25) is 0 Å². The monoisotopic (exact) mass is 466 g/mol. The smallest absolute Gasteiger partial charge is 0.407 e. The van der Waals surface area contributed by atoms with E-state index >= 15 is 0 Å². The lowest BCUT2D eigenvalue weighted by Gasteiger charge is -2.26. The summed E-state index contributed by atoms with van der Waals surface area (Å²) in [6.07, 6.45) is 0.853. The van der Waals surface area contributed by atoms with E-state index in [0.29, 0.717) is 19.4 Å². The Labute approximate surface area is 200 Å². The van der Waals surface area contributed by atoms with Crippen LogP contribution in [-0.4, -0.2) is 41.8 Å². The van der Waals surface area contributed by atoms with Gasteiger partial charge in [0.05, 0.1) is 0 Å². The molecule has 2 aromatic carbocycles. The largest absolute Gasteiger partial charge is 0.481 e. The molecule has 1 atom stereocenters. The Morgan fingerprint density at radius 2 is 1.62 bits per heavy atom. The number of fused-ring (bicyclic) bond motifs is 3. The maximum Gasteiger partial charge on any atom is 0.407 e. The zero-order chi connectivity index (χ0) is 24.7. The molecule has 3 N–H and O–H groups in total. The molecule has 3 rings (SSSR count). The molecule has 2 aromatic rings. The van der Waals surface area contributed by atoms with Gasteiger partial charge >= 0.3 is 12.1 Å². The first-order valence-electron chi connectivity index (χ1n) is 11.8. The molecule has 182 valence electrons. The van der Waals surface area contributed by atoms with E-state index in [9.17, 15) is 14.4 Å². The highest BCUT2D eigenvalue weighted by Crippen LogP contribution is 2.44. The minimum Gasteiger partial charge on any atom is -0.481 e. The van der Waals surface area contributed by atoms with Gasteiger partial charge in [-0.2, -0.15) is 0 Å². The van der Waals surface area contributed by atoms with Crippen molar-refractivity contribution in [2.75, 3.05) is 13.2 Å². The second-order valence-electron chi connectivity index (χ2n) is 9.51. The van der Waals surface area contributed by atoms with E-state index in [1.54, 1.807) is 0 Å². The van der Waals surface area contributed by atoms with Gasteiger partial charge in [-0.1, -0.05) is 61.9 Å². The summed E-state index contributed by atoms with van der Waals surface area (Å²) in [5, 5.41) is 14.6. The van der Waals surface area contributed by atoms with Crippen LogP contribution in [0.15, 0.2) is 48.5 Å². The fourth-order valence-corrected chi connectivity index (χ4v) is 4.35. The summed E-state index contributed by atoms with van der Waals surface area (Å²) < 4.78 is 5.61. The van der Waals surface area contributed by atoms with Crippen LogP contribution in [0.4, 0.5) is 4.79 Å². The summed E-state index contributed by atoms with van der Waals surface area (Å²) >= 11 is 0. The van der Waals surface area contributed by atoms with Gasteiger partial charge in [-0.15, -0.1) is 0 Å². The number of carbonyl (C=O) groups excluding carboxylic acids is 2. The molecule has 7 heteroatoms. The standard InChI is InChI=1S/C27H34N2O5/c1-4-18(15-25(31)32)16-28-24(30)13-14-27(2,3)29-26(33)34-17-23-21-11-7-5-9-19(21)20-10-6-8-12-22(20)23/h5-12,18,23H,4,13-17H2,1-3H3,(H,28,30)(H,29,33)(H,31,32). The first-order valence-corrected chi connectivity index (χ1v) is 11.8. The average Bonchev–Trinajstić information content (AvgIpc) is 3.12. The van der Waals surface area contributed by atoms with Crippen molar-refractivity contribution < 1.29 is 24.2 Å². The Morgan fingerprint density at radius 1 is 1.03 bits per heavy atom. The molecule has 0 fully saturated rings. The van der Waals surface area contributed by atoms with Gasteiger partial charge < -0.3 is 20.5 Å². The molecule has 7 nitrogen and oxygen atoms in total. The number of rotatable bonds is 11. The number of alkyl carbamates (subject to hydrolysis) is 1. The Kier molecular flexibility index (Phi) is 8.31. The number of nitrogens with one attached hydrogen (secondary N) is 2. The van der Waals surface area contributed by atoms with Gasteiger partial charge in [-0.3, -0.25) is 9.59 Å². The summed E-state index contributed by atoms with van der Waals surface area (Å²) in [6, 6.07) is 16.3. The van der Waals surface area contributed by atoms with Crippen molar-refractivity contribution in [2.45, 2.75) is 57.9 Å². The molecule has 34 heavy (non-hydrogen) atoms. The number of carbonyl (C=O) groups is 3. The Balaban J connectivity index is 1.47. The van der Waals surface area contributed by atoms with Gasteiger partial charge in [-0.25, -0.2) is 4.79 Å². The fraction of sp³-hybridized carbons (Fsp3) is 0.444. The molecule has 0 heterocycles. The number of hydrogen-bond donors (Lipinski definition) is 3. The summed E-state index contributed by atoms with van der Waals surface area (Å²) in [4.78, 5) is 35.6. The highest BCUT2D eigenvalue weighted by Gasteiger charge is 2.30. The lowest BCUT2D eigenvalue weighted by Crippen LogP contribution is -2.45. The van der Waals surface area contributed by atoms with Crippen LogP contribution in [0, 0.1) is 5.92 Å². The third-order valence-corrected chi connectivity index (χ3v) is 6.39. The second kappa shape index (κ2) is 11.2. The molecule has 0 aliphatic heterocycles. The molecule has 0 saturated heterocycles. The van der Waals surface area contributed by atoms with Crippen molar-refractivity contribution in [1.29, 1.82) is 0 Å². The van der Waals surface area contributed by atoms with E-state index in [1.807, 2.05) is 45.0 Å². The predicted octanol–water partition coefficient (Wildman–Crippen LogP) is 4.70. The Morgan fingerprint density at radius 3 is 2.18 bits per heavy atom. The number of aliphatic carboxylic acids is 1. The Bertz CT molecular complexity index is 988. The van der Waals surface area contributed by atoms with E-state index in [0.717, 1.165) is 11.1 Å². The van der Waals surface area contributed by atoms with Crippen LogP contribution >= 0.6 is 0 Å². The fourth-order valence-electron chi connectivity index (χ4n) is 4.35. The van der Waals surface area contributed by atoms with Gasteiger partial charge in [-0.05, 0) is 48.4 Å². The van der Waals surface area contributed by atoms with E-state index in [1.165, 1.54) is 11.1 Å².